The van der Waals surface area contributed by atoms with Gasteiger partial charge in [0.1, 0.15) is 11.3 Å². The Balaban J connectivity index is 2.15. The zero-order chi connectivity index (χ0) is 16.2. The van der Waals surface area contributed by atoms with Gasteiger partial charge >= 0.3 is 5.97 Å². The number of nitrogens with one attached hydrogen (secondary N) is 1. The Hall–Kier alpha value is -2.41. The summed E-state index contributed by atoms with van der Waals surface area (Å²) in [4.78, 5) is 37.4. The fourth-order valence-electron chi connectivity index (χ4n) is 3.50. The van der Waals surface area contributed by atoms with Crippen molar-refractivity contribution >= 4 is 17.8 Å². The summed E-state index contributed by atoms with van der Waals surface area (Å²) >= 11 is 0. The van der Waals surface area contributed by atoms with E-state index in [1.54, 1.807) is 18.2 Å². The maximum absolute atomic E-state index is 12.4. The van der Waals surface area contributed by atoms with Gasteiger partial charge in [-0.15, -0.1) is 0 Å². The van der Waals surface area contributed by atoms with E-state index in [1.165, 1.54) is 20.0 Å². The summed E-state index contributed by atoms with van der Waals surface area (Å²) in [6.07, 6.45) is 0. The number of hydrogen-bond acceptors (Lipinski definition) is 5. The van der Waals surface area contributed by atoms with Crippen molar-refractivity contribution in [3.8, 4) is 5.75 Å². The molecule has 7 heteroatoms. The number of phenols is 1. The second-order valence-electron chi connectivity index (χ2n) is 5.93. The first kappa shape index (κ1) is 14.5. The van der Waals surface area contributed by atoms with Crippen LogP contribution in [0.4, 0.5) is 0 Å². The van der Waals surface area contributed by atoms with Gasteiger partial charge in [0.2, 0.25) is 11.8 Å². The molecule has 4 atom stereocenters. The number of para-hydroxylation sites is 1. The number of fused-ring (bicyclic) bond motifs is 1. The Morgan fingerprint density at radius 2 is 1.91 bits per heavy atom. The molecule has 0 unspecified atom stereocenters. The van der Waals surface area contributed by atoms with E-state index in [0.29, 0.717) is 5.56 Å². The number of carboxylic acids is 1. The number of rotatable bonds is 2. The summed E-state index contributed by atoms with van der Waals surface area (Å²) in [6, 6.07) is 5.68. The summed E-state index contributed by atoms with van der Waals surface area (Å²) in [7, 11) is 1.35. The second kappa shape index (κ2) is 4.54. The average Bonchev–Trinajstić information content (AvgIpc) is 2.90. The number of imide groups is 1. The third kappa shape index (κ3) is 1.69. The van der Waals surface area contributed by atoms with Crippen LogP contribution in [0.1, 0.15) is 18.5 Å². The third-order valence-corrected chi connectivity index (χ3v) is 4.72. The number of benzene rings is 1. The van der Waals surface area contributed by atoms with E-state index >= 15 is 0 Å². The predicted molar refractivity (Wildman–Crippen MR) is 74.8 cm³/mol. The van der Waals surface area contributed by atoms with Crippen LogP contribution in [0.3, 0.4) is 0 Å². The molecule has 0 radical (unpaired) electrons. The van der Waals surface area contributed by atoms with Gasteiger partial charge in [-0.05, 0) is 13.0 Å². The van der Waals surface area contributed by atoms with Gasteiger partial charge in [0.15, 0.2) is 0 Å². The highest BCUT2D eigenvalue weighted by molar-refractivity contribution is 6.09. The van der Waals surface area contributed by atoms with Crippen molar-refractivity contribution < 1.29 is 24.6 Å². The van der Waals surface area contributed by atoms with Gasteiger partial charge in [-0.1, -0.05) is 18.2 Å². The number of aromatic hydroxyl groups is 1. The number of nitrogens with zero attached hydrogens (tertiary/aromatic N) is 1. The maximum Gasteiger partial charge on any atom is 0.324 e. The highest BCUT2D eigenvalue weighted by Gasteiger charge is 2.66. The molecular formula is C15H16N2O5. The van der Waals surface area contributed by atoms with Gasteiger partial charge in [-0.3, -0.25) is 24.6 Å². The zero-order valence-corrected chi connectivity index (χ0v) is 12.1. The lowest BCUT2D eigenvalue weighted by Crippen LogP contribution is -2.53. The van der Waals surface area contributed by atoms with Crippen molar-refractivity contribution in [2.24, 2.45) is 11.8 Å². The highest BCUT2D eigenvalue weighted by atomic mass is 16.4. The number of carbonyl (C=O) groups excluding carboxylic acids is 2. The summed E-state index contributed by atoms with van der Waals surface area (Å²) in [6.45, 7) is 1.40. The van der Waals surface area contributed by atoms with Gasteiger partial charge < -0.3 is 10.2 Å². The lowest BCUT2D eigenvalue weighted by atomic mass is 9.80. The van der Waals surface area contributed by atoms with Crippen LogP contribution >= 0.6 is 0 Å². The van der Waals surface area contributed by atoms with Gasteiger partial charge in [-0.2, -0.15) is 0 Å². The largest absolute Gasteiger partial charge is 0.508 e. The van der Waals surface area contributed by atoms with E-state index < -0.39 is 41.2 Å². The Bertz CT molecular complexity index is 688. The number of carboxylic acid groups (broad SMARTS) is 1. The number of aliphatic carboxylic acids is 1. The lowest BCUT2D eigenvalue weighted by Gasteiger charge is -2.26. The molecule has 0 bridgehead atoms. The minimum Gasteiger partial charge on any atom is -0.508 e. The molecule has 7 nitrogen and oxygen atoms in total. The number of carbonyl (C=O) groups is 3. The van der Waals surface area contributed by atoms with Crippen molar-refractivity contribution in [3.05, 3.63) is 29.8 Å². The molecule has 0 aromatic heterocycles. The molecule has 3 N–H and O–H groups in total. The minimum absolute atomic E-state index is 0.0387. The van der Waals surface area contributed by atoms with Crippen LogP contribution in [0.25, 0.3) is 0 Å². The van der Waals surface area contributed by atoms with Gasteiger partial charge in [0, 0.05) is 18.7 Å². The summed E-state index contributed by atoms with van der Waals surface area (Å²) < 4.78 is 0. The SMILES string of the molecule is CN1C(=O)[C@H]2[C@@H](c3ccccc3O)N[C@@](C)(C(=O)O)[C@H]2C1=O. The molecule has 1 aromatic rings. The quantitative estimate of drug-likeness (QED) is 0.670. The Labute approximate surface area is 126 Å². The second-order valence-corrected chi connectivity index (χ2v) is 5.93. The van der Waals surface area contributed by atoms with Crippen LogP contribution in [0.5, 0.6) is 5.75 Å². The normalized spacial score (nSPS) is 34.1. The minimum atomic E-state index is -1.56. The fraction of sp³-hybridized carbons (Fsp3) is 0.400. The molecule has 0 saturated carbocycles. The lowest BCUT2D eigenvalue weighted by molar-refractivity contribution is -0.150. The monoisotopic (exact) mass is 304 g/mol. The first-order valence-corrected chi connectivity index (χ1v) is 6.89. The molecule has 2 saturated heterocycles. The Morgan fingerprint density at radius 3 is 2.50 bits per heavy atom. The maximum atomic E-state index is 12.4. The van der Waals surface area contributed by atoms with Crippen LogP contribution in [0.15, 0.2) is 24.3 Å². The molecule has 2 heterocycles. The van der Waals surface area contributed by atoms with Crippen LogP contribution in [-0.4, -0.2) is 45.5 Å². The molecule has 3 rings (SSSR count). The number of phenolic OH excluding ortho intramolecular Hbond substituents is 1. The van der Waals surface area contributed by atoms with Crippen LogP contribution in [-0.2, 0) is 14.4 Å². The van der Waals surface area contributed by atoms with E-state index in [9.17, 15) is 24.6 Å². The van der Waals surface area contributed by atoms with Crippen molar-refractivity contribution in [1.29, 1.82) is 0 Å². The van der Waals surface area contributed by atoms with Crippen LogP contribution < -0.4 is 5.32 Å². The van der Waals surface area contributed by atoms with E-state index in [1.807, 2.05) is 0 Å². The van der Waals surface area contributed by atoms with E-state index in [4.69, 9.17) is 0 Å². The molecule has 2 amide bonds. The topological polar surface area (TPSA) is 107 Å². The van der Waals surface area contributed by atoms with Crippen LogP contribution in [0, 0.1) is 11.8 Å². The third-order valence-electron chi connectivity index (χ3n) is 4.72. The highest BCUT2D eigenvalue weighted by Crippen LogP contribution is 2.49. The van der Waals surface area contributed by atoms with Crippen molar-refractivity contribution in [2.45, 2.75) is 18.5 Å². The van der Waals surface area contributed by atoms with Crippen molar-refractivity contribution in [3.63, 3.8) is 0 Å². The summed E-state index contributed by atoms with van der Waals surface area (Å²) in [5, 5.41) is 22.4. The summed E-state index contributed by atoms with van der Waals surface area (Å²) in [5.74, 6) is -4.01. The van der Waals surface area contributed by atoms with Gasteiger partial charge in [0.05, 0.1) is 11.8 Å². The van der Waals surface area contributed by atoms with Gasteiger partial charge in [-0.25, -0.2) is 0 Å². The number of likely N-dealkylation sites (tertiary alicyclic amines) is 1. The van der Waals surface area contributed by atoms with E-state index in [2.05, 4.69) is 5.32 Å². The Morgan fingerprint density at radius 1 is 1.27 bits per heavy atom. The molecule has 1 aromatic carbocycles. The molecule has 0 aliphatic carbocycles. The number of hydrogen-bond donors (Lipinski definition) is 3. The average molecular weight is 304 g/mol. The molecule has 2 aliphatic heterocycles. The standard InChI is InChI=1S/C15H16N2O5/c1-15(14(21)22)10-9(12(19)17(2)13(10)20)11(16-15)7-5-3-4-6-8(7)18/h3-6,9-11,16,18H,1-2H3,(H,21,22)/t9-,10-,11-,15-/m1/s1. The Kier molecular flexibility index (Phi) is 3.00. The first-order chi connectivity index (χ1) is 10.3. The predicted octanol–water partition coefficient (Wildman–Crippen LogP) is 0.111. The van der Waals surface area contributed by atoms with Crippen LogP contribution in [0.2, 0.25) is 0 Å². The molecule has 2 aliphatic rings. The van der Waals surface area contributed by atoms with E-state index in [-0.39, 0.29) is 5.75 Å². The van der Waals surface area contributed by atoms with Crippen molar-refractivity contribution in [1.82, 2.24) is 10.2 Å². The zero-order valence-electron chi connectivity index (χ0n) is 12.1. The molecule has 22 heavy (non-hydrogen) atoms. The number of amides is 2. The molecule has 116 valence electrons. The van der Waals surface area contributed by atoms with Gasteiger partial charge in [0.25, 0.3) is 0 Å². The van der Waals surface area contributed by atoms with Crippen molar-refractivity contribution in [2.75, 3.05) is 7.05 Å². The molecule has 0 spiro atoms. The summed E-state index contributed by atoms with van der Waals surface area (Å²) in [5.41, 5.74) is -1.14. The molecular weight excluding hydrogens is 288 g/mol. The first-order valence-electron chi connectivity index (χ1n) is 6.89. The van der Waals surface area contributed by atoms with E-state index in [0.717, 1.165) is 4.90 Å². The smallest absolute Gasteiger partial charge is 0.324 e. The fourth-order valence-corrected chi connectivity index (χ4v) is 3.50. The molecule has 2 fully saturated rings.